The van der Waals surface area contributed by atoms with Crippen LogP contribution in [0.1, 0.15) is 13.3 Å². The van der Waals surface area contributed by atoms with E-state index in [4.69, 9.17) is 9.79 Å². The third-order valence-corrected chi connectivity index (χ3v) is 1.28. The number of phosphoric ester groups is 1. The molecule has 0 amide bonds. The Bertz CT molecular complexity index is 184. The Morgan fingerprint density at radius 1 is 1.50 bits per heavy atom. The van der Waals surface area contributed by atoms with E-state index >= 15 is 0 Å². The van der Waals surface area contributed by atoms with E-state index in [-0.39, 0.29) is 6.61 Å². The second-order valence-electron chi connectivity index (χ2n) is 1.98. The highest BCUT2D eigenvalue weighted by atomic mass is 31.2. The molecule has 0 fully saturated rings. The molecule has 0 heterocycles. The van der Waals surface area contributed by atoms with Crippen molar-refractivity contribution in [2.24, 2.45) is 0 Å². The summed E-state index contributed by atoms with van der Waals surface area (Å²) in [5.41, 5.74) is 0. The van der Waals surface area contributed by atoms with Gasteiger partial charge in [0.1, 0.15) is 0 Å². The van der Waals surface area contributed by atoms with Gasteiger partial charge in [-0.15, -0.1) is 0 Å². The van der Waals surface area contributed by atoms with E-state index < -0.39 is 20.4 Å². The van der Waals surface area contributed by atoms with Crippen molar-refractivity contribution in [2.45, 2.75) is 13.3 Å². The highest BCUT2D eigenvalue weighted by molar-refractivity contribution is 7.46. The van der Waals surface area contributed by atoms with Crippen molar-refractivity contribution >= 4 is 13.8 Å². The molecule has 0 aromatic heterocycles. The lowest BCUT2D eigenvalue weighted by Gasteiger charge is -2.04. The first-order chi connectivity index (χ1) is 5.45. The zero-order valence-electron chi connectivity index (χ0n) is 6.60. The van der Waals surface area contributed by atoms with Crippen LogP contribution < -0.4 is 0 Å². The number of rotatable bonds is 5. The van der Waals surface area contributed by atoms with E-state index in [0.717, 1.165) is 0 Å². The molecular weight excluding hydrogens is 187 g/mol. The van der Waals surface area contributed by atoms with Crippen molar-refractivity contribution in [1.29, 1.82) is 0 Å². The molecule has 12 heavy (non-hydrogen) atoms. The minimum atomic E-state index is -4.55. The molecule has 0 spiro atoms. The molecule has 0 aromatic carbocycles. The molecule has 7 heteroatoms. The molecule has 0 saturated carbocycles. The second-order valence-corrected chi connectivity index (χ2v) is 3.22. The molecule has 0 aliphatic heterocycles. The van der Waals surface area contributed by atoms with E-state index in [2.05, 4.69) is 9.26 Å². The molecule has 72 valence electrons. The first-order valence-corrected chi connectivity index (χ1v) is 4.84. The van der Waals surface area contributed by atoms with Gasteiger partial charge in [-0.2, -0.15) is 0 Å². The van der Waals surface area contributed by atoms with Crippen molar-refractivity contribution in [1.82, 2.24) is 0 Å². The van der Waals surface area contributed by atoms with Crippen LogP contribution in [0.3, 0.4) is 0 Å². The molecule has 0 bridgehead atoms. The summed E-state index contributed by atoms with van der Waals surface area (Å²) in [5, 5.41) is 0. The molecule has 0 rings (SSSR count). The van der Waals surface area contributed by atoms with Crippen LogP contribution in [0.5, 0.6) is 0 Å². The second kappa shape index (κ2) is 5.27. The van der Waals surface area contributed by atoms with E-state index in [0.29, 0.717) is 6.42 Å². The fraction of sp³-hybridized carbons (Fsp3) is 0.800. The maximum atomic E-state index is 10.6. The third kappa shape index (κ3) is 7.68. The Balaban J connectivity index is 3.51. The number of carbonyl (C=O) groups excluding carboxylic acids is 1. The Hall–Kier alpha value is -0.420. The molecule has 0 saturated heterocycles. The van der Waals surface area contributed by atoms with E-state index in [9.17, 15) is 9.36 Å². The van der Waals surface area contributed by atoms with Crippen LogP contribution in [0, 0.1) is 0 Å². The van der Waals surface area contributed by atoms with E-state index in [1.807, 2.05) is 0 Å². The van der Waals surface area contributed by atoms with Gasteiger partial charge in [0.2, 0.25) is 0 Å². The summed E-state index contributed by atoms with van der Waals surface area (Å²) in [7, 11) is -4.55. The van der Waals surface area contributed by atoms with Gasteiger partial charge >= 0.3 is 13.8 Å². The minimum absolute atomic E-state index is 0.226. The summed E-state index contributed by atoms with van der Waals surface area (Å²) in [5.74, 6) is -0.778. The van der Waals surface area contributed by atoms with Gasteiger partial charge in [-0.3, -0.25) is 4.52 Å². The molecule has 0 aliphatic carbocycles. The first kappa shape index (κ1) is 11.6. The third-order valence-electron chi connectivity index (χ3n) is 0.818. The van der Waals surface area contributed by atoms with Crippen molar-refractivity contribution in [2.75, 3.05) is 13.2 Å². The summed E-state index contributed by atoms with van der Waals surface area (Å²) in [6.45, 7) is 1.31. The van der Waals surface area contributed by atoms with Crippen LogP contribution in [-0.4, -0.2) is 29.0 Å². The van der Waals surface area contributed by atoms with Gasteiger partial charge < -0.3 is 14.5 Å². The van der Waals surface area contributed by atoms with Gasteiger partial charge in [0.05, 0.1) is 6.61 Å². The van der Waals surface area contributed by atoms with Crippen molar-refractivity contribution in [3.63, 3.8) is 0 Å². The molecule has 2 N–H and O–H groups in total. The lowest BCUT2D eigenvalue weighted by atomic mass is 10.5. The van der Waals surface area contributed by atoms with Crippen LogP contribution >= 0.6 is 7.82 Å². The van der Waals surface area contributed by atoms with E-state index in [1.165, 1.54) is 0 Å². The highest BCUT2D eigenvalue weighted by Crippen LogP contribution is 2.35. The normalized spacial score (nSPS) is 11.2. The number of phosphoric acid groups is 1. The van der Waals surface area contributed by atoms with Crippen LogP contribution in [0.25, 0.3) is 0 Å². The number of ether oxygens (including phenoxy) is 1. The van der Waals surface area contributed by atoms with Crippen molar-refractivity contribution in [3.8, 4) is 0 Å². The molecule has 0 atom stereocenters. The average Bonchev–Trinajstić information content (AvgIpc) is 1.95. The molecule has 0 aromatic rings. The number of hydrogen-bond acceptors (Lipinski definition) is 4. The van der Waals surface area contributed by atoms with Gasteiger partial charge in [0.25, 0.3) is 0 Å². The van der Waals surface area contributed by atoms with Crippen molar-refractivity contribution in [3.05, 3.63) is 0 Å². The summed E-state index contributed by atoms with van der Waals surface area (Å²) in [4.78, 5) is 26.9. The predicted octanol–water partition coefficient (Wildman–Crippen LogP) is 0.0489. The fourth-order valence-corrected chi connectivity index (χ4v) is 0.668. The maximum Gasteiger partial charge on any atom is 0.470 e. The molecule has 0 radical (unpaired) electrons. The quantitative estimate of drug-likeness (QED) is 0.478. The molecule has 0 unspecified atom stereocenters. The zero-order chi connectivity index (χ0) is 9.61. The molecule has 6 nitrogen and oxygen atoms in total. The van der Waals surface area contributed by atoms with Gasteiger partial charge in [0, 0.05) is 0 Å². The van der Waals surface area contributed by atoms with Crippen LogP contribution in [0.2, 0.25) is 0 Å². The molecule has 0 aliphatic rings. The Labute approximate surface area is 69.7 Å². The number of esters is 1. The smallest absolute Gasteiger partial charge is 0.464 e. The Morgan fingerprint density at radius 3 is 2.50 bits per heavy atom. The summed E-state index contributed by atoms with van der Waals surface area (Å²) >= 11 is 0. The number of carbonyl (C=O) groups is 1. The summed E-state index contributed by atoms with van der Waals surface area (Å²) in [6, 6.07) is 0. The van der Waals surface area contributed by atoms with Crippen molar-refractivity contribution < 1.29 is 28.4 Å². The number of hydrogen-bond donors (Lipinski definition) is 2. The maximum absolute atomic E-state index is 10.6. The topological polar surface area (TPSA) is 93.1 Å². The predicted molar refractivity (Wildman–Crippen MR) is 39.2 cm³/mol. The van der Waals surface area contributed by atoms with Crippen LogP contribution in [0.4, 0.5) is 0 Å². The van der Waals surface area contributed by atoms with Crippen LogP contribution in [0.15, 0.2) is 0 Å². The highest BCUT2D eigenvalue weighted by Gasteiger charge is 2.16. The van der Waals surface area contributed by atoms with Gasteiger partial charge in [-0.25, -0.2) is 9.36 Å². The Kier molecular flexibility index (Phi) is 5.08. The van der Waals surface area contributed by atoms with Gasteiger partial charge in [0.15, 0.2) is 6.61 Å². The van der Waals surface area contributed by atoms with Crippen LogP contribution in [-0.2, 0) is 18.6 Å². The van der Waals surface area contributed by atoms with Gasteiger partial charge in [-0.1, -0.05) is 6.92 Å². The summed E-state index contributed by atoms with van der Waals surface area (Å²) < 4.78 is 18.4. The fourth-order valence-electron chi connectivity index (χ4n) is 0.394. The summed E-state index contributed by atoms with van der Waals surface area (Å²) in [6.07, 6.45) is 0.654. The average molecular weight is 198 g/mol. The Morgan fingerprint density at radius 2 is 2.08 bits per heavy atom. The largest absolute Gasteiger partial charge is 0.470 e. The monoisotopic (exact) mass is 198 g/mol. The van der Waals surface area contributed by atoms with E-state index in [1.54, 1.807) is 6.92 Å². The standard InChI is InChI=1S/C5H11O6P/c1-2-3-10-5(6)4-11-12(7,8)9/h2-4H2,1H3,(H2,7,8,9). The lowest BCUT2D eigenvalue weighted by molar-refractivity contribution is -0.146. The SMILES string of the molecule is CCCOC(=O)COP(=O)(O)O. The van der Waals surface area contributed by atoms with Gasteiger partial charge in [-0.05, 0) is 6.42 Å². The zero-order valence-corrected chi connectivity index (χ0v) is 7.49. The minimum Gasteiger partial charge on any atom is -0.464 e. The first-order valence-electron chi connectivity index (χ1n) is 3.31. The molecular formula is C5H11O6P. The lowest BCUT2D eigenvalue weighted by Crippen LogP contribution is -2.12.